The average Bonchev–Trinajstić information content (AvgIpc) is 2.82. The molecule has 0 bridgehead atoms. The number of rotatable bonds is 6. The number of piperidine rings is 2. The van der Waals surface area contributed by atoms with E-state index < -0.39 is 0 Å². The minimum Gasteiger partial charge on any atom is -0.268 e. The predicted molar refractivity (Wildman–Crippen MR) is 131 cm³/mol. The van der Waals surface area contributed by atoms with Crippen LogP contribution in [0.25, 0.3) is 0 Å². The standard InChI is InChI=1S/C23H31N5OS2/c29-22-16-21(17-24-27(22)18-20-10-4-1-5-11-20)19-31-23(30)28(25-12-6-2-7-13-25)26-14-8-3-9-15-26/h1,4-5,10-11,16-17H,2-3,6-9,12-15,18-19H2. The van der Waals surface area contributed by atoms with Crippen LogP contribution in [0.1, 0.15) is 49.7 Å². The molecule has 3 heterocycles. The quantitative estimate of drug-likeness (QED) is 0.609. The maximum Gasteiger partial charge on any atom is 0.267 e. The van der Waals surface area contributed by atoms with Crippen LogP contribution in [0.2, 0.25) is 0 Å². The molecule has 0 radical (unpaired) electrons. The lowest BCUT2D eigenvalue weighted by molar-refractivity contribution is -0.136. The first-order chi connectivity index (χ1) is 15.2. The van der Waals surface area contributed by atoms with Gasteiger partial charge in [-0.05, 0) is 49.0 Å². The number of nitrogens with zero attached hydrogens (tertiary/aromatic N) is 5. The van der Waals surface area contributed by atoms with Crippen LogP contribution in [-0.2, 0) is 12.3 Å². The highest BCUT2D eigenvalue weighted by Gasteiger charge is 2.28. The van der Waals surface area contributed by atoms with Crippen LogP contribution in [-0.4, -0.2) is 55.4 Å². The summed E-state index contributed by atoms with van der Waals surface area (Å²) in [7, 11) is 0. The first kappa shape index (κ1) is 22.5. The molecule has 8 heteroatoms. The molecule has 0 N–H and O–H groups in total. The van der Waals surface area contributed by atoms with Crippen molar-refractivity contribution in [1.82, 2.24) is 24.9 Å². The number of hydrogen-bond donors (Lipinski definition) is 0. The van der Waals surface area contributed by atoms with E-state index in [2.05, 4.69) is 20.2 Å². The van der Waals surface area contributed by atoms with Crippen LogP contribution >= 0.6 is 24.0 Å². The van der Waals surface area contributed by atoms with Crippen molar-refractivity contribution in [2.45, 2.75) is 50.8 Å². The summed E-state index contributed by atoms with van der Waals surface area (Å²) in [6.07, 6.45) is 9.29. The van der Waals surface area contributed by atoms with E-state index in [-0.39, 0.29) is 5.56 Å². The Morgan fingerprint density at radius 2 is 1.55 bits per heavy atom. The molecule has 0 unspecified atom stereocenters. The first-order valence-electron chi connectivity index (χ1n) is 11.3. The van der Waals surface area contributed by atoms with Gasteiger partial charge in [0.25, 0.3) is 5.56 Å². The number of thioether (sulfide) groups is 1. The Morgan fingerprint density at radius 3 is 2.13 bits per heavy atom. The highest BCUT2D eigenvalue weighted by Crippen LogP contribution is 2.24. The van der Waals surface area contributed by atoms with Crippen LogP contribution < -0.4 is 5.56 Å². The number of hydrogen-bond acceptors (Lipinski definition) is 6. The largest absolute Gasteiger partial charge is 0.268 e. The highest BCUT2D eigenvalue weighted by molar-refractivity contribution is 8.22. The fourth-order valence-corrected chi connectivity index (χ4v) is 5.37. The van der Waals surface area contributed by atoms with Crippen molar-refractivity contribution in [3.05, 3.63) is 64.1 Å². The van der Waals surface area contributed by atoms with Gasteiger partial charge < -0.3 is 0 Å². The summed E-state index contributed by atoms with van der Waals surface area (Å²) in [6.45, 7) is 4.74. The van der Waals surface area contributed by atoms with E-state index in [0.717, 1.165) is 41.6 Å². The maximum absolute atomic E-state index is 12.5. The van der Waals surface area contributed by atoms with Gasteiger partial charge in [0.05, 0.1) is 12.7 Å². The zero-order chi connectivity index (χ0) is 21.5. The monoisotopic (exact) mass is 457 g/mol. The Hall–Kier alpha value is -1.74. The van der Waals surface area contributed by atoms with Crippen molar-refractivity contribution in [3.8, 4) is 0 Å². The molecule has 1 aromatic carbocycles. The molecule has 1 aromatic heterocycles. The van der Waals surface area contributed by atoms with Crippen molar-refractivity contribution in [1.29, 1.82) is 0 Å². The molecule has 0 aliphatic carbocycles. The molecule has 4 rings (SSSR count). The third-order valence-corrected chi connectivity index (χ3v) is 7.23. The second kappa shape index (κ2) is 11.2. The molecule has 2 aliphatic heterocycles. The molecule has 6 nitrogen and oxygen atoms in total. The number of benzene rings is 1. The van der Waals surface area contributed by atoms with Crippen LogP contribution in [0.15, 0.2) is 47.4 Å². The second-order valence-corrected chi connectivity index (χ2v) is 9.83. The van der Waals surface area contributed by atoms with Crippen LogP contribution in [0.5, 0.6) is 0 Å². The SMILES string of the molecule is O=c1cc(CSC(=S)N(N2CCCCC2)N2CCCCC2)cnn1Cc1ccccc1. The molecular weight excluding hydrogens is 426 g/mol. The Balaban J connectivity index is 1.39. The fraction of sp³-hybridized carbons (Fsp3) is 0.522. The highest BCUT2D eigenvalue weighted by atomic mass is 32.2. The van der Waals surface area contributed by atoms with Crippen molar-refractivity contribution >= 4 is 28.3 Å². The molecule has 2 saturated heterocycles. The van der Waals surface area contributed by atoms with E-state index in [0.29, 0.717) is 12.3 Å². The van der Waals surface area contributed by atoms with Gasteiger partial charge in [-0.1, -0.05) is 54.9 Å². The number of thiocarbonyl (C=S) groups is 1. The van der Waals surface area contributed by atoms with E-state index in [1.807, 2.05) is 30.3 Å². The normalized spacial score (nSPS) is 18.1. The van der Waals surface area contributed by atoms with Crippen LogP contribution in [0, 0.1) is 0 Å². The van der Waals surface area contributed by atoms with Gasteiger partial charge in [-0.3, -0.25) is 4.79 Å². The lowest BCUT2D eigenvalue weighted by atomic mass is 10.1. The molecule has 166 valence electrons. The summed E-state index contributed by atoms with van der Waals surface area (Å²) < 4.78 is 2.38. The molecule has 31 heavy (non-hydrogen) atoms. The van der Waals surface area contributed by atoms with Crippen molar-refractivity contribution < 1.29 is 0 Å². The van der Waals surface area contributed by atoms with Gasteiger partial charge in [0.2, 0.25) is 0 Å². The zero-order valence-electron chi connectivity index (χ0n) is 18.0. The summed E-state index contributed by atoms with van der Waals surface area (Å²) in [5, 5.41) is 11.5. The molecule has 2 fully saturated rings. The fourth-order valence-electron chi connectivity index (χ4n) is 4.17. The molecule has 0 spiro atoms. The Morgan fingerprint density at radius 1 is 0.935 bits per heavy atom. The molecule has 2 aliphatic rings. The van der Waals surface area contributed by atoms with Crippen LogP contribution in [0.4, 0.5) is 0 Å². The summed E-state index contributed by atoms with van der Waals surface area (Å²) in [4.78, 5) is 12.5. The lowest BCUT2D eigenvalue weighted by Crippen LogP contribution is -2.57. The van der Waals surface area contributed by atoms with Gasteiger partial charge in [-0.2, -0.15) is 5.10 Å². The van der Waals surface area contributed by atoms with Gasteiger partial charge in [0.15, 0.2) is 4.32 Å². The molecule has 0 amide bonds. The minimum atomic E-state index is -0.0724. The number of aromatic nitrogens is 2. The van der Waals surface area contributed by atoms with Gasteiger partial charge in [-0.15, -0.1) is 0 Å². The van der Waals surface area contributed by atoms with Crippen LogP contribution in [0.3, 0.4) is 0 Å². The minimum absolute atomic E-state index is 0.0724. The third-order valence-electron chi connectivity index (χ3n) is 5.83. The van der Waals surface area contributed by atoms with Crippen molar-refractivity contribution in [2.75, 3.05) is 26.2 Å². The van der Waals surface area contributed by atoms with Crippen molar-refractivity contribution in [3.63, 3.8) is 0 Å². The zero-order valence-corrected chi connectivity index (χ0v) is 19.6. The Kier molecular flexibility index (Phi) is 8.13. The molecular formula is C23H31N5OS2. The molecule has 0 saturated carbocycles. The van der Waals surface area contributed by atoms with Gasteiger partial charge in [-0.25, -0.2) is 19.8 Å². The Labute approximate surface area is 194 Å². The van der Waals surface area contributed by atoms with E-state index in [9.17, 15) is 4.79 Å². The topological polar surface area (TPSA) is 44.6 Å². The van der Waals surface area contributed by atoms with E-state index in [1.165, 1.54) is 43.2 Å². The van der Waals surface area contributed by atoms with Gasteiger partial charge in [0, 0.05) is 38.0 Å². The lowest BCUT2D eigenvalue weighted by Gasteiger charge is -2.46. The van der Waals surface area contributed by atoms with Gasteiger partial charge in [0.1, 0.15) is 0 Å². The van der Waals surface area contributed by atoms with Gasteiger partial charge >= 0.3 is 0 Å². The van der Waals surface area contributed by atoms with Crippen molar-refractivity contribution in [2.24, 2.45) is 0 Å². The van der Waals surface area contributed by atoms with E-state index >= 15 is 0 Å². The summed E-state index contributed by atoms with van der Waals surface area (Å²) in [6, 6.07) is 11.6. The molecule has 0 atom stereocenters. The average molecular weight is 458 g/mol. The number of hydrazine groups is 2. The van der Waals surface area contributed by atoms with E-state index in [1.54, 1.807) is 24.0 Å². The smallest absolute Gasteiger partial charge is 0.267 e. The second-order valence-electron chi connectivity index (χ2n) is 8.22. The maximum atomic E-state index is 12.5. The Bertz CT molecular complexity index is 890. The van der Waals surface area contributed by atoms with E-state index in [4.69, 9.17) is 12.2 Å². The third kappa shape index (κ3) is 6.16. The predicted octanol–water partition coefficient (Wildman–Crippen LogP) is 3.91. The summed E-state index contributed by atoms with van der Waals surface area (Å²) >= 11 is 7.51. The molecule has 2 aromatic rings. The first-order valence-corrected chi connectivity index (χ1v) is 12.7. The summed E-state index contributed by atoms with van der Waals surface area (Å²) in [5.74, 6) is 0.658. The summed E-state index contributed by atoms with van der Waals surface area (Å²) in [5.41, 5.74) is 1.91.